The maximum absolute atomic E-state index is 13.9. The van der Waals surface area contributed by atoms with Gasteiger partial charge in [-0.2, -0.15) is 0 Å². The van der Waals surface area contributed by atoms with Gasteiger partial charge in [-0.15, -0.1) is 0 Å². The normalized spacial score (nSPS) is 14.8. The molecular formula is C30H32ClN3O6S. The number of amides is 1. The number of carbonyl (C=O) groups excluding carboxylic acids is 2. The van der Waals surface area contributed by atoms with E-state index in [0.29, 0.717) is 55.8 Å². The number of nitrogens with zero attached hydrogens (tertiary/aromatic N) is 3. The van der Waals surface area contributed by atoms with Gasteiger partial charge >= 0.3 is 5.97 Å². The van der Waals surface area contributed by atoms with E-state index in [-0.39, 0.29) is 24.7 Å². The van der Waals surface area contributed by atoms with Crippen molar-refractivity contribution >= 4 is 40.9 Å². The first-order valence-electron chi connectivity index (χ1n) is 13.3. The molecule has 2 aromatic carbocycles. The van der Waals surface area contributed by atoms with Gasteiger partial charge in [0.25, 0.3) is 11.5 Å². The van der Waals surface area contributed by atoms with Crippen LogP contribution in [-0.2, 0) is 14.3 Å². The Hall–Kier alpha value is -3.89. The Balaban J connectivity index is 1.80. The Kier molecular flexibility index (Phi) is 9.67. The highest BCUT2D eigenvalue weighted by Crippen LogP contribution is 2.32. The number of hydrogen-bond donors (Lipinski definition) is 0. The van der Waals surface area contributed by atoms with Gasteiger partial charge in [-0.3, -0.25) is 14.2 Å². The van der Waals surface area contributed by atoms with Crippen LogP contribution in [0.1, 0.15) is 44.9 Å². The minimum Gasteiger partial charge on any atom is -0.493 e. The predicted molar refractivity (Wildman–Crippen MR) is 158 cm³/mol. The number of rotatable bonds is 10. The van der Waals surface area contributed by atoms with Gasteiger partial charge < -0.3 is 19.1 Å². The lowest BCUT2D eigenvalue weighted by Crippen LogP contribution is -2.43. The summed E-state index contributed by atoms with van der Waals surface area (Å²) in [6.45, 7) is 8.45. The number of likely N-dealkylation sites (N-methyl/N-ethyl adjacent to an activating group) is 1. The number of methoxy groups -OCH3 is 1. The molecule has 1 aliphatic rings. The number of aromatic nitrogens is 1. The molecule has 0 fully saturated rings. The lowest BCUT2D eigenvalue weighted by atomic mass is 9.94. The summed E-state index contributed by atoms with van der Waals surface area (Å²) >= 11 is 7.41. The monoisotopic (exact) mass is 597 g/mol. The van der Waals surface area contributed by atoms with E-state index in [0.717, 1.165) is 5.56 Å². The molecule has 0 spiro atoms. The quantitative estimate of drug-likeness (QED) is 0.331. The van der Waals surface area contributed by atoms with Crippen LogP contribution < -0.4 is 24.4 Å². The van der Waals surface area contributed by atoms with Crippen LogP contribution in [0.3, 0.4) is 0 Å². The lowest BCUT2D eigenvalue weighted by Gasteiger charge is -2.29. The SMILES string of the molecule is CCOC(=O)COc1ccc(/C=c2/sc3n(c2=O)[C@@H](c2ccc(Cl)cc2)C(C(=O)N(CC)CC)=C(C)N=3)cc1OC. The van der Waals surface area contributed by atoms with Crippen LogP contribution in [0.15, 0.2) is 63.5 Å². The fourth-order valence-electron chi connectivity index (χ4n) is 4.62. The zero-order valence-corrected chi connectivity index (χ0v) is 25.2. The summed E-state index contributed by atoms with van der Waals surface area (Å²) in [6.07, 6.45) is 1.74. The van der Waals surface area contributed by atoms with E-state index in [1.54, 1.807) is 59.7 Å². The van der Waals surface area contributed by atoms with Crippen molar-refractivity contribution in [1.82, 2.24) is 9.47 Å². The molecule has 0 saturated heterocycles. The third-order valence-corrected chi connectivity index (χ3v) is 7.86. The summed E-state index contributed by atoms with van der Waals surface area (Å²) in [5.74, 6) is 0.132. The molecular weight excluding hydrogens is 566 g/mol. The van der Waals surface area contributed by atoms with Gasteiger partial charge in [-0.05, 0) is 69.2 Å². The Bertz CT molecular complexity index is 1650. The second kappa shape index (κ2) is 13.2. The zero-order chi connectivity index (χ0) is 29.7. The predicted octanol–water partition coefficient (Wildman–Crippen LogP) is 3.71. The van der Waals surface area contributed by atoms with Gasteiger partial charge in [-0.1, -0.05) is 41.1 Å². The van der Waals surface area contributed by atoms with E-state index < -0.39 is 12.0 Å². The van der Waals surface area contributed by atoms with E-state index in [2.05, 4.69) is 0 Å². The Morgan fingerprint density at radius 3 is 2.44 bits per heavy atom. The second-order valence-electron chi connectivity index (χ2n) is 9.11. The van der Waals surface area contributed by atoms with Gasteiger partial charge in [0.1, 0.15) is 0 Å². The van der Waals surface area contributed by atoms with Gasteiger partial charge in [0.2, 0.25) is 0 Å². The van der Waals surface area contributed by atoms with Crippen molar-refractivity contribution in [2.45, 2.75) is 33.7 Å². The molecule has 0 aliphatic carbocycles. The molecule has 0 radical (unpaired) electrons. The van der Waals surface area contributed by atoms with E-state index in [1.165, 1.54) is 18.4 Å². The summed E-state index contributed by atoms with van der Waals surface area (Å²) in [6, 6.07) is 11.7. The highest BCUT2D eigenvalue weighted by molar-refractivity contribution is 7.07. The van der Waals surface area contributed by atoms with E-state index in [1.807, 2.05) is 26.0 Å². The van der Waals surface area contributed by atoms with Crippen molar-refractivity contribution in [1.29, 1.82) is 0 Å². The van der Waals surface area contributed by atoms with Crippen molar-refractivity contribution in [2.24, 2.45) is 4.99 Å². The molecule has 1 amide bonds. The molecule has 1 aromatic heterocycles. The average Bonchev–Trinajstić information content (AvgIpc) is 3.26. The van der Waals surface area contributed by atoms with Crippen LogP contribution in [-0.4, -0.2) is 54.8 Å². The molecule has 0 bridgehead atoms. The van der Waals surface area contributed by atoms with Crippen LogP contribution in [0.5, 0.6) is 11.5 Å². The second-order valence-corrected chi connectivity index (χ2v) is 10.6. The molecule has 1 aliphatic heterocycles. The number of fused-ring (bicyclic) bond motifs is 1. The van der Waals surface area contributed by atoms with Crippen molar-refractivity contribution < 1.29 is 23.8 Å². The fourth-order valence-corrected chi connectivity index (χ4v) is 5.79. The molecule has 2 heterocycles. The molecule has 1 atom stereocenters. The summed E-state index contributed by atoms with van der Waals surface area (Å²) in [5.41, 5.74) is 2.21. The first-order chi connectivity index (χ1) is 19.7. The average molecular weight is 598 g/mol. The number of hydrogen-bond acceptors (Lipinski definition) is 8. The van der Waals surface area contributed by atoms with E-state index >= 15 is 0 Å². The maximum atomic E-state index is 13.9. The third-order valence-electron chi connectivity index (χ3n) is 6.62. The third kappa shape index (κ3) is 6.39. The fraction of sp³-hybridized carbons (Fsp3) is 0.333. The molecule has 0 saturated carbocycles. The highest BCUT2D eigenvalue weighted by atomic mass is 35.5. The number of esters is 1. The minimum atomic E-state index is -0.660. The van der Waals surface area contributed by atoms with Crippen LogP contribution >= 0.6 is 22.9 Å². The minimum absolute atomic E-state index is 0.159. The summed E-state index contributed by atoms with van der Waals surface area (Å²) < 4.78 is 17.9. The number of halogens is 1. The van der Waals surface area contributed by atoms with Crippen LogP contribution in [0.25, 0.3) is 6.08 Å². The van der Waals surface area contributed by atoms with Gasteiger partial charge in [0, 0.05) is 18.1 Å². The molecule has 0 unspecified atom stereocenters. The van der Waals surface area contributed by atoms with Gasteiger partial charge in [0.05, 0.1) is 35.6 Å². The van der Waals surface area contributed by atoms with Crippen molar-refractivity contribution in [3.63, 3.8) is 0 Å². The topological polar surface area (TPSA) is 99.4 Å². The first kappa shape index (κ1) is 30.1. The molecule has 11 heteroatoms. The Morgan fingerprint density at radius 2 is 1.80 bits per heavy atom. The molecule has 3 aromatic rings. The number of thiazole rings is 1. The van der Waals surface area contributed by atoms with Crippen molar-refractivity contribution in [3.8, 4) is 11.5 Å². The molecule has 216 valence electrons. The highest BCUT2D eigenvalue weighted by Gasteiger charge is 2.34. The number of benzene rings is 2. The molecule has 41 heavy (non-hydrogen) atoms. The van der Waals surface area contributed by atoms with Crippen LogP contribution in [0, 0.1) is 0 Å². The number of allylic oxidation sites excluding steroid dienone is 1. The lowest BCUT2D eigenvalue weighted by molar-refractivity contribution is -0.145. The maximum Gasteiger partial charge on any atom is 0.344 e. The van der Waals surface area contributed by atoms with Crippen LogP contribution in [0.4, 0.5) is 0 Å². The smallest absolute Gasteiger partial charge is 0.344 e. The largest absolute Gasteiger partial charge is 0.493 e. The number of ether oxygens (including phenoxy) is 3. The number of carbonyl (C=O) groups is 2. The van der Waals surface area contributed by atoms with Gasteiger partial charge in [0.15, 0.2) is 22.9 Å². The Labute approximate surface area is 246 Å². The molecule has 4 rings (SSSR count). The van der Waals surface area contributed by atoms with E-state index in [9.17, 15) is 14.4 Å². The van der Waals surface area contributed by atoms with Crippen molar-refractivity contribution in [3.05, 3.63) is 89.6 Å². The van der Waals surface area contributed by atoms with Gasteiger partial charge in [-0.25, -0.2) is 9.79 Å². The summed E-state index contributed by atoms with van der Waals surface area (Å²) in [7, 11) is 1.49. The Morgan fingerprint density at radius 1 is 1.10 bits per heavy atom. The summed E-state index contributed by atoms with van der Waals surface area (Å²) in [5, 5.41) is 0.558. The van der Waals surface area contributed by atoms with E-state index in [4.69, 9.17) is 30.8 Å². The summed E-state index contributed by atoms with van der Waals surface area (Å²) in [4.78, 5) is 46.2. The molecule has 9 nitrogen and oxygen atoms in total. The van der Waals surface area contributed by atoms with Crippen molar-refractivity contribution in [2.75, 3.05) is 33.4 Å². The molecule has 0 N–H and O–H groups in total. The zero-order valence-electron chi connectivity index (χ0n) is 23.6. The first-order valence-corrected chi connectivity index (χ1v) is 14.4. The van der Waals surface area contributed by atoms with Crippen LogP contribution in [0.2, 0.25) is 5.02 Å². The standard InChI is InChI=1S/C30H32ClN3O6S/c1-6-33(7-2)29(37)26-18(4)32-30-34(27(26)20-10-12-21(31)13-11-20)28(36)24(41-30)16-19-9-14-22(23(15-19)38-5)40-17-25(35)39-8-3/h9-16,27H,6-8,17H2,1-5H3/b24-16+/t27-/m0/s1.